The lowest BCUT2D eigenvalue weighted by atomic mass is 10.0. The van der Waals surface area contributed by atoms with Gasteiger partial charge in [0.2, 0.25) is 0 Å². The van der Waals surface area contributed by atoms with Crippen molar-refractivity contribution in [1.82, 2.24) is 9.97 Å². The molecular weight excluding hydrogens is 256 g/mol. The largest absolute Gasteiger partial charge is 0.376 e. The van der Waals surface area contributed by atoms with Crippen LogP contribution in [-0.2, 0) is 9.47 Å². The maximum atomic E-state index is 5.63. The summed E-state index contributed by atoms with van der Waals surface area (Å²) in [6.45, 7) is 9.87. The Hall–Kier alpha value is -1.40. The lowest BCUT2D eigenvalue weighted by Gasteiger charge is -2.24. The van der Waals surface area contributed by atoms with Gasteiger partial charge in [-0.1, -0.05) is 13.8 Å². The maximum absolute atomic E-state index is 5.63. The minimum atomic E-state index is 0.0845. The van der Waals surface area contributed by atoms with Crippen molar-refractivity contribution in [1.29, 1.82) is 0 Å². The second kappa shape index (κ2) is 7.40. The van der Waals surface area contributed by atoms with Crippen molar-refractivity contribution in [3.63, 3.8) is 0 Å². The molecule has 0 amide bonds. The smallest absolute Gasteiger partial charge is 0.135 e. The van der Waals surface area contributed by atoms with Gasteiger partial charge in [0.25, 0.3) is 0 Å². The summed E-state index contributed by atoms with van der Waals surface area (Å²) in [5, 5.41) is 6.66. The molecule has 0 aromatic carbocycles. The van der Waals surface area contributed by atoms with Crippen LogP contribution in [0.1, 0.15) is 32.3 Å². The van der Waals surface area contributed by atoms with Gasteiger partial charge in [-0.2, -0.15) is 0 Å². The number of aromatic nitrogens is 2. The van der Waals surface area contributed by atoms with E-state index < -0.39 is 0 Å². The highest BCUT2D eigenvalue weighted by molar-refractivity contribution is 5.59. The minimum Gasteiger partial charge on any atom is -0.376 e. The van der Waals surface area contributed by atoms with E-state index in [0.29, 0.717) is 32.3 Å². The van der Waals surface area contributed by atoms with Gasteiger partial charge in [-0.15, -0.1) is 0 Å². The number of nitrogens with zero attached hydrogens (tertiary/aromatic N) is 2. The average molecular weight is 280 g/mol. The SMILES string of the molecule is CCNc1ncnc(NCC2COCCO2)c1C(C)C. The van der Waals surface area contributed by atoms with E-state index in [1.54, 1.807) is 6.33 Å². The van der Waals surface area contributed by atoms with Crippen LogP contribution in [0.2, 0.25) is 0 Å². The Balaban J connectivity index is 2.07. The van der Waals surface area contributed by atoms with Gasteiger partial charge in [0, 0.05) is 18.7 Å². The Morgan fingerprint density at radius 2 is 2.00 bits per heavy atom. The predicted molar refractivity (Wildman–Crippen MR) is 79.3 cm³/mol. The number of nitrogens with one attached hydrogen (secondary N) is 2. The highest BCUT2D eigenvalue weighted by Gasteiger charge is 2.18. The van der Waals surface area contributed by atoms with E-state index in [1.807, 2.05) is 0 Å². The van der Waals surface area contributed by atoms with Crippen molar-refractivity contribution in [2.75, 3.05) is 43.5 Å². The molecule has 1 aromatic heterocycles. The third kappa shape index (κ3) is 3.80. The molecule has 1 unspecified atom stereocenters. The molecule has 1 fully saturated rings. The fraction of sp³-hybridized carbons (Fsp3) is 0.714. The summed E-state index contributed by atoms with van der Waals surface area (Å²) in [7, 11) is 0. The summed E-state index contributed by atoms with van der Waals surface area (Å²) in [4.78, 5) is 8.70. The average Bonchev–Trinajstić information content (AvgIpc) is 2.46. The number of ether oxygens (including phenoxy) is 2. The van der Waals surface area contributed by atoms with Crippen molar-refractivity contribution in [3.8, 4) is 0 Å². The van der Waals surface area contributed by atoms with Gasteiger partial charge in [0.05, 0.1) is 25.9 Å². The van der Waals surface area contributed by atoms with E-state index in [1.165, 1.54) is 0 Å². The van der Waals surface area contributed by atoms with Crippen molar-refractivity contribution in [2.24, 2.45) is 0 Å². The minimum absolute atomic E-state index is 0.0845. The molecule has 20 heavy (non-hydrogen) atoms. The van der Waals surface area contributed by atoms with Crippen LogP contribution >= 0.6 is 0 Å². The van der Waals surface area contributed by atoms with E-state index in [2.05, 4.69) is 41.4 Å². The van der Waals surface area contributed by atoms with Gasteiger partial charge < -0.3 is 20.1 Å². The highest BCUT2D eigenvalue weighted by Crippen LogP contribution is 2.28. The molecule has 6 nitrogen and oxygen atoms in total. The zero-order valence-corrected chi connectivity index (χ0v) is 12.5. The van der Waals surface area contributed by atoms with Crippen LogP contribution in [0.15, 0.2) is 6.33 Å². The van der Waals surface area contributed by atoms with Gasteiger partial charge in [0.15, 0.2) is 0 Å². The Kier molecular flexibility index (Phi) is 5.55. The molecule has 1 aliphatic heterocycles. The fourth-order valence-corrected chi connectivity index (χ4v) is 2.26. The quantitative estimate of drug-likeness (QED) is 0.829. The number of anilines is 2. The summed E-state index contributed by atoms with van der Waals surface area (Å²) >= 11 is 0. The highest BCUT2D eigenvalue weighted by atomic mass is 16.6. The molecule has 0 saturated carbocycles. The zero-order valence-electron chi connectivity index (χ0n) is 12.5. The number of rotatable bonds is 6. The molecule has 112 valence electrons. The lowest BCUT2D eigenvalue weighted by molar-refractivity contribution is -0.0819. The topological polar surface area (TPSA) is 68.3 Å². The molecule has 0 aliphatic carbocycles. The first-order chi connectivity index (χ1) is 9.72. The third-order valence-corrected chi connectivity index (χ3v) is 3.19. The third-order valence-electron chi connectivity index (χ3n) is 3.19. The van der Waals surface area contributed by atoms with Crippen molar-refractivity contribution in [2.45, 2.75) is 32.8 Å². The summed E-state index contributed by atoms with van der Waals surface area (Å²) < 4.78 is 11.0. The second-order valence-corrected chi connectivity index (χ2v) is 5.12. The molecule has 0 radical (unpaired) electrons. The molecule has 1 atom stereocenters. The molecule has 2 rings (SSSR count). The van der Waals surface area contributed by atoms with Crippen LogP contribution in [0.4, 0.5) is 11.6 Å². The number of hydrogen-bond donors (Lipinski definition) is 2. The summed E-state index contributed by atoms with van der Waals surface area (Å²) in [5.41, 5.74) is 1.12. The zero-order chi connectivity index (χ0) is 14.4. The summed E-state index contributed by atoms with van der Waals surface area (Å²) in [5.74, 6) is 2.12. The van der Waals surface area contributed by atoms with Crippen LogP contribution < -0.4 is 10.6 Å². The Labute approximate surface area is 120 Å². The van der Waals surface area contributed by atoms with E-state index in [0.717, 1.165) is 23.7 Å². The van der Waals surface area contributed by atoms with Crippen LogP contribution in [0.5, 0.6) is 0 Å². The molecule has 2 N–H and O–H groups in total. The van der Waals surface area contributed by atoms with Gasteiger partial charge in [-0.3, -0.25) is 0 Å². The van der Waals surface area contributed by atoms with Gasteiger partial charge in [-0.25, -0.2) is 9.97 Å². The van der Waals surface area contributed by atoms with Crippen LogP contribution in [-0.4, -0.2) is 49.0 Å². The van der Waals surface area contributed by atoms with E-state index in [9.17, 15) is 0 Å². The monoisotopic (exact) mass is 280 g/mol. The lowest BCUT2D eigenvalue weighted by Crippen LogP contribution is -2.34. The van der Waals surface area contributed by atoms with Gasteiger partial charge in [-0.05, 0) is 12.8 Å². The summed E-state index contributed by atoms with van der Waals surface area (Å²) in [6, 6.07) is 0. The van der Waals surface area contributed by atoms with E-state index in [-0.39, 0.29) is 6.10 Å². The first-order valence-corrected chi connectivity index (χ1v) is 7.24. The first kappa shape index (κ1) is 15.0. The molecule has 6 heteroatoms. The molecule has 2 heterocycles. The van der Waals surface area contributed by atoms with Crippen LogP contribution in [0.25, 0.3) is 0 Å². The van der Waals surface area contributed by atoms with Crippen molar-refractivity contribution >= 4 is 11.6 Å². The Morgan fingerprint density at radius 1 is 1.25 bits per heavy atom. The van der Waals surface area contributed by atoms with Crippen molar-refractivity contribution in [3.05, 3.63) is 11.9 Å². The van der Waals surface area contributed by atoms with E-state index in [4.69, 9.17) is 9.47 Å². The molecule has 1 saturated heterocycles. The first-order valence-electron chi connectivity index (χ1n) is 7.24. The summed E-state index contributed by atoms with van der Waals surface area (Å²) in [6.07, 6.45) is 1.67. The number of hydrogen-bond acceptors (Lipinski definition) is 6. The van der Waals surface area contributed by atoms with Gasteiger partial charge in [0.1, 0.15) is 18.0 Å². The standard InChI is InChI=1S/C14H24N4O2/c1-4-15-13-12(10(2)3)14(18-9-17-13)16-7-11-8-19-5-6-20-11/h9-11H,4-8H2,1-3H3,(H2,15,16,17,18). The van der Waals surface area contributed by atoms with Gasteiger partial charge >= 0.3 is 0 Å². The molecule has 0 spiro atoms. The van der Waals surface area contributed by atoms with Crippen LogP contribution in [0, 0.1) is 0 Å². The maximum Gasteiger partial charge on any atom is 0.135 e. The van der Waals surface area contributed by atoms with Crippen molar-refractivity contribution < 1.29 is 9.47 Å². The molecular formula is C14H24N4O2. The van der Waals surface area contributed by atoms with E-state index >= 15 is 0 Å². The molecule has 1 aromatic rings. The normalized spacial score (nSPS) is 19.1. The predicted octanol–water partition coefficient (Wildman–Crippen LogP) is 1.86. The Bertz CT molecular complexity index is 420. The van der Waals surface area contributed by atoms with Crippen LogP contribution in [0.3, 0.4) is 0 Å². The second-order valence-electron chi connectivity index (χ2n) is 5.12. The molecule has 1 aliphatic rings. The Morgan fingerprint density at radius 3 is 2.60 bits per heavy atom. The fourth-order valence-electron chi connectivity index (χ4n) is 2.26. The molecule has 0 bridgehead atoms.